The van der Waals surface area contributed by atoms with Gasteiger partial charge in [-0.05, 0) is 6.26 Å². The van der Waals surface area contributed by atoms with E-state index in [4.69, 9.17) is 15.2 Å². The second kappa shape index (κ2) is 6.87. The highest BCUT2D eigenvalue weighted by molar-refractivity contribution is 7.98. The molecule has 0 atom stereocenters. The van der Waals surface area contributed by atoms with Crippen LogP contribution in [0.15, 0.2) is 23.4 Å². The minimum Gasteiger partial charge on any atom is -0.497 e. The standard InChI is InChI=1S/C14H15N5O2S/c1-20-9-4-8(5-10(6-9)21-2)17-13-11(7-15)12(16)18-14(19-13)22-3/h4-6H,1-3H3,(H3,16,17,18,19). The van der Waals surface area contributed by atoms with E-state index < -0.39 is 0 Å². The van der Waals surface area contributed by atoms with E-state index in [9.17, 15) is 5.26 Å². The molecule has 1 heterocycles. The summed E-state index contributed by atoms with van der Waals surface area (Å²) in [6.07, 6.45) is 1.83. The van der Waals surface area contributed by atoms with Crippen molar-refractivity contribution in [2.45, 2.75) is 5.16 Å². The van der Waals surface area contributed by atoms with Gasteiger partial charge in [0.25, 0.3) is 0 Å². The van der Waals surface area contributed by atoms with Crippen molar-refractivity contribution >= 4 is 29.1 Å². The van der Waals surface area contributed by atoms with Crippen molar-refractivity contribution < 1.29 is 9.47 Å². The predicted octanol–water partition coefficient (Wildman–Crippen LogP) is 2.41. The van der Waals surface area contributed by atoms with Crippen LogP contribution in [0.5, 0.6) is 11.5 Å². The molecule has 0 radical (unpaired) electrons. The Labute approximate surface area is 132 Å². The Morgan fingerprint density at radius 2 is 1.82 bits per heavy atom. The molecule has 0 aliphatic carbocycles. The summed E-state index contributed by atoms with van der Waals surface area (Å²) in [5.74, 6) is 1.72. The average molecular weight is 317 g/mol. The topological polar surface area (TPSA) is 106 Å². The molecular formula is C14H15N5O2S. The zero-order valence-corrected chi connectivity index (χ0v) is 13.2. The van der Waals surface area contributed by atoms with Gasteiger partial charge in [0.05, 0.1) is 14.2 Å². The number of nitrogens with two attached hydrogens (primary N) is 1. The maximum Gasteiger partial charge on any atom is 0.191 e. The molecule has 0 saturated carbocycles. The van der Waals surface area contributed by atoms with Gasteiger partial charge >= 0.3 is 0 Å². The first-order valence-corrected chi connectivity index (χ1v) is 7.45. The molecule has 2 rings (SSSR count). The van der Waals surface area contributed by atoms with Crippen LogP contribution in [0.2, 0.25) is 0 Å². The zero-order valence-electron chi connectivity index (χ0n) is 12.4. The van der Waals surface area contributed by atoms with Crippen molar-refractivity contribution in [2.24, 2.45) is 0 Å². The summed E-state index contributed by atoms with van der Waals surface area (Å²) >= 11 is 1.34. The van der Waals surface area contributed by atoms with E-state index in [1.54, 1.807) is 32.4 Å². The highest BCUT2D eigenvalue weighted by Gasteiger charge is 2.13. The van der Waals surface area contributed by atoms with E-state index in [1.807, 2.05) is 12.3 Å². The molecule has 114 valence electrons. The summed E-state index contributed by atoms with van der Waals surface area (Å²) in [5.41, 5.74) is 6.66. The van der Waals surface area contributed by atoms with Gasteiger partial charge in [-0.25, -0.2) is 9.97 Å². The number of methoxy groups -OCH3 is 2. The van der Waals surface area contributed by atoms with Gasteiger partial charge in [-0.2, -0.15) is 5.26 Å². The van der Waals surface area contributed by atoms with Gasteiger partial charge in [0.1, 0.15) is 28.9 Å². The lowest BCUT2D eigenvalue weighted by Crippen LogP contribution is -2.05. The Morgan fingerprint density at radius 3 is 2.32 bits per heavy atom. The van der Waals surface area contributed by atoms with E-state index in [2.05, 4.69) is 15.3 Å². The van der Waals surface area contributed by atoms with Gasteiger partial charge < -0.3 is 20.5 Å². The first-order valence-electron chi connectivity index (χ1n) is 6.23. The van der Waals surface area contributed by atoms with Crippen LogP contribution in [-0.2, 0) is 0 Å². The molecule has 0 unspecified atom stereocenters. The normalized spacial score (nSPS) is 9.91. The molecular weight excluding hydrogens is 302 g/mol. The number of rotatable bonds is 5. The highest BCUT2D eigenvalue weighted by Crippen LogP contribution is 2.30. The number of aromatic nitrogens is 2. The lowest BCUT2D eigenvalue weighted by Gasteiger charge is -2.12. The Bertz CT molecular complexity index is 708. The summed E-state index contributed by atoms with van der Waals surface area (Å²) in [6, 6.07) is 7.29. The predicted molar refractivity (Wildman–Crippen MR) is 85.8 cm³/mol. The van der Waals surface area contributed by atoms with Gasteiger partial charge in [0.15, 0.2) is 11.0 Å². The Hall–Kier alpha value is -2.66. The quantitative estimate of drug-likeness (QED) is 0.639. The molecule has 0 bridgehead atoms. The van der Waals surface area contributed by atoms with Gasteiger partial charge in [-0.3, -0.25) is 0 Å². The average Bonchev–Trinajstić information content (AvgIpc) is 2.54. The fourth-order valence-corrected chi connectivity index (χ4v) is 2.14. The number of nitrogens with one attached hydrogen (secondary N) is 1. The number of nitriles is 1. The largest absolute Gasteiger partial charge is 0.497 e. The summed E-state index contributed by atoms with van der Waals surface area (Å²) in [5, 5.41) is 12.8. The second-order valence-corrected chi connectivity index (χ2v) is 4.93. The van der Waals surface area contributed by atoms with Crippen LogP contribution in [0.3, 0.4) is 0 Å². The number of nitrogen functional groups attached to an aromatic ring is 1. The van der Waals surface area contributed by atoms with E-state index in [-0.39, 0.29) is 11.4 Å². The first-order chi connectivity index (χ1) is 10.6. The van der Waals surface area contributed by atoms with E-state index >= 15 is 0 Å². The summed E-state index contributed by atoms with van der Waals surface area (Å²) < 4.78 is 10.4. The van der Waals surface area contributed by atoms with Crippen molar-refractivity contribution in [1.29, 1.82) is 5.26 Å². The Morgan fingerprint density at radius 1 is 1.18 bits per heavy atom. The molecule has 0 spiro atoms. The minimum absolute atomic E-state index is 0.138. The van der Waals surface area contributed by atoms with Crippen LogP contribution in [0, 0.1) is 11.3 Å². The summed E-state index contributed by atoms with van der Waals surface area (Å²) in [7, 11) is 3.13. The lowest BCUT2D eigenvalue weighted by molar-refractivity contribution is 0.395. The maximum atomic E-state index is 9.24. The van der Waals surface area contributed by atoms with Crippen LogP contribution >= 0.6 is 11.8 Å². The van der Waals surface area contributed by atoms with E-state index in [0.29, 0.717) is 28.2 Å². The third-order valence-electron chi connectivity index (χ3n) is 2.83. The van der Waals surface area contributed by atoms with Crippen molar-refractivity contribution in [1.82, 2.24) is 9.97 Å². The number of thioether (sulfide) groups is 1. The monoisotopic (exact) mass is 317 g/mol. The van der Waals surface area contributed by atoms with Crippen LogP contribution in [0.1, 0.15) is 5.56 Å². The minimum atomic E-state index is 0.138. The van der Waals surface area contributed by atoms with E-state index in [1.165, 1.54) is 11.8 Å². The van der Waals surface area contributed by atoms with Crippen molar-refractivity contribution in [3.05, 3.63) is 23.8 Å². The fourth-order valence-electron chi connectivity index (χ4n) is 1.77. The number of anilines is 3. The third kappa shape index (κ3) is 3.32. The van der Waals surface area contributed by atoms with E-state index in [0.717, 1.165) is 0 Å². The van der Waals surface area contributed by atoms with Gasteiger partial charge in [-0.1, -0.05) is 11.8 Å². The number of ether oxygens (including phenoxy) is 2. The third-order valence-corrected chi connectivity index (χ3v) is 3.37. The fraction of sp³-hybridized carbons (Fsp3) is 0.214. The molecule has 0 fully saturated rings. The number of benzene rings is 1. The Balaban J connectivity index is 2.46. The highest BCUT2D eigenvalue weighted by atomic mass is 32.2. The molecule has 7 nitrogen and oxygen atoms in total. The molecule has 0 aliphatic heterocycles. The molecule has 0 aliphatic rings. The zero-order chi connectivity index (χ0) is 16.1. The van der Waals surface area contributed by atoms with Gasteiger partial charge in [-0.15, -0.1) is 0 Å². The second-order valence-electron chi connectivity index (χ2n) is 4.16. The Kier molecular flexibility index (Phi) is 4.91. The van der Waals surface area contributed by atoms with Crippen LogP contribution in [0.25, 0.3) is 0 Å². The van der Waals surface area contributed by atoms with Crippen LogP contribution in [0.4, 0.5) is 17.3 Å². The van der Waals surface area contributed by atoms with Crippen molar-refractivity contribution in [3.63, 3.8) is 0 Å². The maximum absolute atomic E-state index is 9.24. The molecule has 3 N–H and O–H groups in total. The molecule has 1 aromatic heterocycles. The summed E-state index contributed by atoms with van der Waals surface area (Å²) in [6.45, 7) is 0. The number of hydrogen-bond donors (Lipinski definition) is 2. The number of hydrogen-bond acceptors (Lipinski definition) is 8. The molecule has 0 amide bonds. The molecule has 0 saturated heterocycles. The van der Waals surface area contributed by atoms with Crippen molar-refractivity contribution in [3.8, 4) is 17.6 Å². The first kappa shape index (κ1) is 15.7. The van der Waals surface area contributed by atoms with Crippen LogP contribution in [-0.4, -0.2) is 30.4 Å². The van der Waals surface area contributed by atoms with Crippen molar-refractivity contribution in [2.75, 3.05) is 31.5 Å². The molecule has 2 aromatic rings. The molecule has 1 aromatic carbocycles. The smallest absolute Gasteiger partial charge is 0.191 e. The molecule has 8 heteroatoms. The lowest BCUT2D eigenvalue weighted by atomic mass is 10.2. The number of nitrogens with zero attached hydrogens (tertiary/aromatic N) is 3. The summed E-state index contributed by atoms with van der Waals surface area (Å²) in [4.78, 5) is 8.34. The SMILES string of the molecule is COc1cc(Nc2nc(SC)nc(N)c2C#N)cc(OC)c1. The van der Waals surface area contributed by atoms with Crippen LogP contribution < -0.4 is 20.5 Å². The van der Waals surface area contributed by atoms with Gasteiger partial charge in [0.2, 0.25) is 0 Å². The molecule has 22 heavy (non-hydrogen) atoms. The van der Waals surface area contributed by atoms with Gasteiger partial charge in [0, 0.05) is 23.9 Å².